The van der Waals surface area contributed by atoms with Crippen LogP contribution in [-0.4, -0.2) is 19.1 Å². The fourth-order valence-corrected chi connectivity index (χ4v) is 1.25. The number of benzene rings is 1. The summed E-state index contributed by atoms with van der Waals surface area (Å²) in [7, 11) is 0. The van der Waals surface area contributed by atoms with Gasteiger partial charge in [-0.05, 0) is 18.5 Å². The van der Waals surface area contributed by atoms with Crippen molar-refractivity contribution in [1.82, 2.24) is 0 Å². The minimum absolute atomic E-state index is 0.156. The van der Waals surface area contributed by atoms with Gasteiger partial charge in [0, 0.05) is 12.8 Å². The van der Waals surface area contributed by atoms with E-state index in [1.54, 1.807) is 0 Å². The number of ether oxygens (including phenoxy) is 1. The van der Waals surface area contributed by atoms with Crippen LogP contribution in [0.3, 0.4) is 0 Å². The zero-order valence-corrected chi connectivity index (χ0v) is 8.82. The lowest BCUT2D eigenvalue weighted by atomic mass is 10.2. The highest BCUT2D eigenvalue weighted by Gasteiger charge is 2.01. The first-order valence-electron chi connectivity index (χ1n) is 5.22. The highest BCUT2D eigenvalue weighted by molar-refractivity contribution is 5.69. The minimum atomic E-state index is -0.156. The smallest absolute Gasteiger partial charge is 0.305 e. The molecule has 1 rings (SSSR count). The van der Waals surface area contributed by atoms with E-state index in [1.165, 1.54) is 5.56 Å². The molecule has 0 aliphatic heterocycles. The van der Waals surface area contributed by atoms with Gasteiger partial charge in [-0.25, -0.2) is 0 Å². The van der Waals surface area contributed by atoms with E-state index in [4.69, 9.17) is 10.5 Å². The summed E-state index contributed by atoms with van der Waals surface area (Å²) in [6.07, 6.45) is 1.89. The molecular weight excluding hydrogens is 190 g/mol. The van der Waals surface area contributed by atoms with Crippen molar-refractivity contribution in [3.8, 4) is 0 Å². The van der Waals surface area contributed by atoms with Gasteiger partial charge in [-0.3, -0.25) is 4.79 Å². The van der Waals surface area contributed by atoms with Gasteiger partial charge in [0.05, 0.1) is 6.61 Å². The van der Waals surface area contributed by atoms with E-state index in [0.717, 1.165) is 6.42 Å². The van der Waals surface area contributed by atoms with Crippen LogP contribution in [-0.2, 0) is 16.0 Å². The maximum absolute atomic E-state index is 11.1. The number of carbonyl (C=O) groups is 1. The van der Waals surface area contributed by atoms with E-state index in [2.05, 4.69) is 0 Å². The Morgan fingerprint density at radius 1 is 1.27 bits per heavy atom. The highest BCUT2D eigenvalue weighted by Crippen LogP contribution is 2.00. The number of esters is 1. The van der Waals surface area contributed by atoms with Crippen molar-refractivity contribution < 1.29 is 9.53 Å². The van der Waals surface area contributed by atoms with Gasteiger partial charge in [-0.1, -0.05) is 30.3 Å². The lowest BCUT2D eigenvalue weighted by Gasteiger charge is -2.04. The highest BCUT2D eigenvalue weighted by atomic mass is 16.5. The molecular formula is C12H17NO2. The molecule has 0 fully saturated rings. The minimum Gasteiger partial charge on any atom is -0.465 e. The number of nitrogens with two attached hydrogens (primary N) is 1. The number of hydrogen-bond donors (Lipinski definition) is 1. The van der Waals surface area contributed by atoms with Crippen LogP contribution < -0.4 is 5.73 Å². The Kier molecular flexibility index (Phi) is 5.48. The van der Waals surface area contributed by atoms with Crippen LogP contribution in [0.2, 0.25) is 0 Å². The molecule has 2 N–H and O–H groups in total. The molecule has 0 atom stereocenters. The van der Waals surface area contributed by atoms with Gasteiger partial charge in [0.25, 0.3) is 0 Å². The summed E-state index contributed by atoms with van der Waals surface area (Å²) in [5, 5.41) is 0. The third-order valence-electron chi connectivity index (χ3n) is 2.08. The number of rotatable bonds is 6. The first-order chi connectivity index (χ1) is 7.33. The Labute approximate surface area is 90.2 Å². The summed E-state index contributed by atoms with van der Waals surface area (Å²) < 4.78 is 5.05. The number of hydrogen-bond acceptors (Lipinski definition) is 3. The average molecular weight is 207 g/mol. The molecule has 0 heterocycles. The molecule has 0 amide bonds. The lowest BCUT2D eigenvalue weighted by molar-refractivity contribution is -0.143. The molecule has 0 radical (unpaired) electrons. The Morgan fingerprint density at radius 3 is 2.67 bits per heavy atom. The van der Waals surface area contributed by atoms with E-state index >= 15 is 0 Å². The van der Waals surface area contributed by atoms with Crippen molar-refractivity contribution in [2.75, 3.05) is 13.2 Å². The molecule has 0 bridgehead atoms. The zero-order valence-electron chi connectivity index (χ0n) is 8.82. The standard InChI is InChI=1S/C12H17NO2/c13-9-4-7-12(14)15-10-8-11-5-2-1-3-6-11/h1-3,5-6H,4,7-10,13H2. The predicted molar refractivity (Wildman–Crippen MR) is 59.4 cm³/mol. The van der Waals surface area contributed by atoms with Gasteiger partial charge in [-0.2, -0.15) is 0 Å². The van der Waals surface area contributed by atoms with Crippen LogP contribution in [0, 0.1) is 0 Å². The zero-order chi connectivity index (χ0) is 10.9. The summed E-state index contributed by atoms with van der Waals surface area (Å²) in [6.45, 7) is 0.987. The van der Waals surface area contributed by atoms with Crippen LogP contribution in [0.5, 0.6) is 0 Å². The summed E-state index contributed by atoms with van der Waals surface area (Å²) >= 11 is 0. The maximum Gasteiger partial charge on any atom is 0.305 e. The molecule has 0 aromatic heterocycles. The van der Waals surface area contributed by atoms with Gasteiger partial charge in [-0.15, -0.1) is 0 Å². The van der Waals surface area contributed by atoms with Crippen LogP contribution in [0.15, 0.2) is 30.3 Å². The van der Waals surface area contributed by atoms with Crippen molar-refractivity contribution >= 4 is 5.97 Å². The monoisotopic (exact) mass is 207 g/mol. The van der Waals surface area contributed by atoms with Gasteiger partial charge in [0.2, 0.25) is 0 Å². The summed E-state index contributed by atoms with van der Waals surface area (Å²) in [5.41, 5.74) is 6.47. The molecule has 3 heteroatoms. The Morgan fingerprint density at radius 2 is 2.00 bits per heavy atom. The van der Waals surface area contributed by atoms with Gasteiger partial charge < -0.3 is 10.5 Å². The fourth-order valence-electron chi connectivity index (χ4n) is 1.25. The van der Waals surface area contributed by atoms with Crippen LogP contribution in [0.4, 0.5) is 0 Å². The first-order valence-corrected chi connectivity index (χ1v) is 5.22. The number of carbonyl (C=O) groups excluding carboxylic acids is 1. The summed E-state index contributed by atoms with van der Waals surface area (Å²) in [4.78, 5) is 11.1. The molecule has 0 unspecified atom stereocenters. The van der Waals surface area contributed by atoms with E-state index in [0.29, 0.717) is 26.0 Å². The van der Waals surface area contributed by atoms with Gasteiger partial charge in [0.1, 0.15) is 0 Å². The molecule has 1 aromatic carbocycles. The topological polar surface area (TPSA) is 52.3 Å². The maximum atomic E-state index is 11.1. The first kappa shape index (κ1) is 11.7. The van der Waals surface area contributed by atoms with E-state index in [9.17, 15) is 4.79 Å². The SMILES string of the molecule is NCCCC(=O)OCCc1ccccc1. The largest absolute Gasteiger partial charge is 0.465 e. The molecule has 82 valence electrons. The Bertz CT molecular complexity index is 285. The molecule has 15 heavy (non-hydrogen) atoms. The molecule has 0 saturated carbocycles. The van der Waals surface area contributed by atoms with Crippen LogP contribution in [0.25, 0.3) is 0 Å². The quantitative estimate of drug-likeness (QED) is 0.719. The second kappa shape index (κ2) is 7.01. The average Bonchev–Trinajstić information content (AvgIpc) is 2.28. The van der Waals surface area contributed by atoms with E-state index in [1.807, 2.05) is 30.3 Å². The van der Waals surface area contributed by atoms with Crippen molar-refractivity contribution in [3.05, 3.63) is 35.9 Å². The predicted octanol–water partition coefficient (Wildman–Crippen LogP) is 1.51. The third-order valence-corrected chi connectivity index (χ3v) is 2.08. The van der Waals surface area contributed by atoms with Gasteiger partial charge >= 0.3 is 5.97 Å². The van der Waals surface area contributed by atoms with E-state index in [-0.39, 0.29) is 5.97 Å². The van der Waals surface area contributed by atoms with Crippen molar-refractivity contribution in [2.45, 2.75) is 19.3 Å². The fraction of sp³-hybridized carbons (Fsp3) is 0.417. The Balaban J connectivity index is 2.14. The third kappa shape index (κ3) is 5.18. The molecule has 0 aliphatic rings. The molecule has 3 nitrogen and oxygen atoms in total. The lowest BCUT2D eigenvalue weighted by Crippen LogP contribution is -2.10. The Hall–Kier alpha value is -1.35. The van der Waals surface area contributed by atoms with E-state index < -0.39 is 0 Å². The van der Waals surface area contributed by atoms with Gasteiger partial charge in [0.15, 0.2) is 0 Å². The second-order valence-electron chi connectivity index (χ2n) is 3.35. The molecule has 0 spiro atoms. The van der Waals surface area contributed by atoms with Crippen molar-refractivity contribution in [3.63, 3.8) is 0 Å². The second-order valence-corrected chi connectivity index (χ2v) is 3.35. The van der Waals surface area contributed by atoms with Crippen molar-refractivity contribution in [1.29, 1.82) is 0 Å². The van der Waals surface area contributed by atoms with Crippen LogP contribution >= 0.6 is 0 Å². The molecule has 0 saturated heterocycles. The summed E-state index contributed by atoms with van der Waals surface area (Å²) in [6, 6.07) is 9.97. The summed E-state index contributed by atoms with van der Waals surface area (Å²) in [5.74, 6) is -0.156. The molecule has 0 aliphatic carbocycles. The van der Waals surface area contributed by atoms with Crippen LogP contribution in [0.1, 0.15) is 18.4 Å². The van der Waals surface area contributed by atoms with Crippen molar-refractivity contribution in [2.24, 2.45) is 5.73 Å². The normalized spacial score (nSPS) is 9.93. The molecule has 1 aromatic rings.